The van der Waals surface area contributed by atoms with Crippen LogP contribution in [0.3, 0.4) is 0 Å². The standard InChI is InChI=1S/C14H24N2O4/c1-4-5-9(11(17)18)16-12(19)14(15)8-6-7-20-10(8)13(14,2)3/h8-10H,4-7,15H2,1-3H3,(H,16,19)(H,17,18)/t8?,9-,10?,14?/m0/s1. The molecule has 0 aromatic heterocycles. The molecule has 0 spiro atoms. The zero-order chi connectivity index (χ0) is 15.1. The van der Waals surface area contributed by atoms with Gasteiger partial charge in [-0.15, -0.1) is 0 Å². The second kappa shape index (κ2) is 5.00. The van der Waals surface area contributed by atoms with Crippen LogP contribution in [0.25, 0.3) is 0 Å². The first-order valence-corrected chi connectivity index (χ1v) is 7.21. The van der Waals surface area contributed by atoms with Crippen molar-refractivity contribution in [3.05, 3.63) is 0 Å². The van der Waals surface area contributed by atoms with Crippen molar-refractivity contribution in [2.75, 3.05) is 6.61 Å². The number of amides is 1. The third kappa shape index (κ3) is 1.93. The summed E-state index contributed by atoms with van der Waals surface area (Å²) in [5, 5.41) is 11.8. The second-order valence-corrected chi connectivity index (χ2v) is 6.43. The molecule has 114 valence electrons. The Bertz CT molecular complexity index is 423. The maximum absolute atomic E-state index is 12.5. The summed E-state index contributed by atoms with van der Waals surface area (Å²) in [4.78, 5) is 23.7. The first kappa shape index (κ1) is 15.3. The number of rotatable bonds is 5. The third-order valence-electron chi connectivity index (χ3n) is 5.01. The van der Waals surface area contributed by atoms with Gasteiger partial charge in [0.2, 0.25) is 5.91 Å². The van der Waals surface area contributed by atoms with Crippen molar-refractivity contribution in [3.8, 4) is 0 Å². The number of hydrogen-bond acceptors (Lipinski definition) is 4. The van der Waals surface area contributed by atoms with Crippen LogP contribution in [0.2, 0.25) is 0 Å². The number of carbonyl (C=O) groups excluding carboxylic acids is 1. The predicted molar refractivity (Wildman–Crippen MR) is 73.0 cm³/mol. The van der Waals surface area contributed by atoms with Crippen LogP contribution < -0.4 is 11.1 Å². The van der Waals surface area contributed by atoms with E-state index in [1.54, 1.807) is 0 Å². The quantitative estimate of drug-likeness (QED) is 0.682. The van der Waals surface area contributed by atoms with E-state index >= 15 is 0 Å². The van der Waals surface area contributed by atoms with Crippen molar-refractivity contribution in [2.45, 2.75) is 57.7 Å². The van der Waals surface area contributed by atoms with Gasteiger partial charge >= 0.3 is 5.97 Å². The lowest BCUT2D eigenvalue weighted by molar-refractivity contribution is -0.177. The highest BCUT2D eigenvalue weighted by atomic mass is 16.5. The van der Waals surface area contributed by atoms with Gasteiger partial charge in [0.15, 0.2) is 0 Å². The number of carboxylic acids is 1. The molecule has 3 unspecified atom stereocenters. The summed E-state index contributed by atoms with van der Waals surface area (Å²) in [5.74, 6) is -1.40. The molecule has 2 fully saturated rings. The molecule has 1 saturated carbocycles. The molecule has 1 amide bonds. The van der Waals surface area contributed by atoms with Crippen molar-refractivity contribution in [2.24, 2.45) is 17.1 Å². The molecule has 6 heteroatoms. The number of hydrogen-bond donors (Lipinski definition) is 3. The van der Waals surface area contributed by atoms with Gasteiger partial charge in [-0.25, -0.2) is 4.79 Å². The Morgan fingerprint density at radius 1 is 1.50 bits per heavy atom. The molecular weight excluding hydrogens is 260 g/mol. The summed E-state index contributed by atoms with van der Waals surface area (Å²) in [6.45, 7) is 6.32. The normalized spacial score (nSPS) is 35.8. The lowest BCUT2D eigenvalue weighted by Gasteiger charge is -2.60. The monoisotopic (exact) mass is 284 g/mol. The summed E-state index contributed by atoms with van der Waals surface area (Å²) >= 11 is 0. The molecule has 2 rings (SSSR count). The van der Waals surface area contributed by atoms with Crippen molar-refractivity contribution in [1.82, 2.24) is 5.32 Å². The van der Waals surface area contributed by atoms with Crippen molar-refractivity contribution >= 4 is 11.9 Å². The smallest absolute Gasteiger partial charge is 0.326 e. The molecule has 0 aromatic rings. The molecule has 1 aliphatic carbocycles. The molecule has 1 saturated heterocycles. The van der Waals surface area contributed by atoms with E-state index in [9.17, 15) is 9.59 Å². The fraction of sp³-hybridized carbons (Fsp3) is 0.857. The fourth-order valence-corrected chi connectivity index (χ4v) is 3.67. The first-order chi connectivity index (χ1) is 9.26. The Kier molecular flexibility index (Phi) is 3.81. The number of nitrogens with two attached hydrogens (primary N) is 1. The zero-order valence-corrected chi connectivity index (χ0v) is 12.3. The number of carbonyl (C=O) groups is 2. The minimum Gasteiger partial charge on any atom is -0.480 e. The number of aliphatic carboxylic acids is 1. The Labute approximate surface area is 119 Å². The molecular formula is C14H24N2O4. The van der Waals surface area contributed by atoms with Crippen LogP contribution in [0, 0.1) is 11.3 Å². The average molecular weight is 284 g/mol. The lowest BCUT2D eigenvalue weighted by Crippen LogP contribution is -2.80. The maximum atomic E-state index is 12.5. The van der Waals surface area contributed by atoms with Crippen LogP contribution in [0.4, 0.5) is 0 Å². The van der Waals surface area contributed by atoms with Gasteiger partial charge in [-0.3, -0.25) is 4.79 Å². The molecule has 0 bridgehead atoms. The van der Waals surface area contributed by atoms with Gasteiger partial charge in [-0.2, -0.15) is 0 Å². The summed E-state index contributed by atoms with van der Waals surface area (Å²) in [5.41, 5.74) is 4.84. The van der Waals surface area contributed by atoms with Crippen molar-refractivity contribution in [1.29, 1.82) is 0 Å². The summed E-state index contributed by atoms with van der Waals surface area (Å²) in [7, 11) is 0. The maximum Gasteiger partial charge on any atom is 0.326 e. The van der Waals surface area contributed by atoms with Gasteiger partial charge in [0.1, 0.15) is 11.6 Å². The molecule has 6 nitrogen and oxygen atoms in total. The van der Waals surface area contributed by atoms with Gasteiger partial charge in [-0.1, -0.05) is 27.2 Å². The van der Waals surface area contributed by atoms with Gasteiger partial charge < -0.3 is 20.9 Å². The fourth-order valence-electron chi connectivity index (χ4n) is 3.67. The molecule has 1 heterocycles. The number of nitrogens with one attached hydrogen (secondary N) is 1. The highest BCUT2D eigenvalue weighted by Gasteiger charge is 2.71. The number of ether oxygens (including phenoxy) is 1. The highest BCUT2D eigenvalue weighted by Crippen LogP contribution is 2.58. The van der Waals surface area contributed by atoms with E-state index in [4.69, 9.17) is 15.6 Å². The van der Waals surface area contributed by atoms with Crippen LogP contribution in [-0.4, -0.2) is 41.3 Å². The summed E-state index contributed by atoms with van der Waals surface area (Å²) < 4.78 is 5.64. The summed E-state index contributed by atoms with van der Waals surface area (Å²) in [6.07, 6.45) is 1.84. The Morgan fingerprint density at radius 2 is 2.15 bits per heavy atom. The molecule has 2 aliphatic rings. The number of fused-ring (bicyclic) bond motifs is 1. The Balaban J connectivity index is 2.13. The average Bonchev–Trinajstić information content (AvgIpc) is 2.84. The van der Waals surface area contributed by atoms with E-state index < -0.39 is 23.0 Å². The topological polar surface area (TPSA) is 102 Å². The van der Waals surface area contributed by atoms with E-state index in [-0.39, 0.29) is 17.9 Å². The van der Waals surface area contributed by atoms with E-state index in [1.165, 1.54) is 0 Å². The van der Waals surface area contributed by atoms with E-state index in [1.807, 2.05) is 20.8 Å². The van der Waals surface area contributed by atoms with Crippen LogP contribution in [0.1, 0.15) is 40.0 Å². The van der Waals surface area contributed by atoms with E-state index in [2.05, 4.69) is 5.32 Å². The number of carboxylic acid groups (broad SMARTS) is 1. The van der Waals surface area contributed by atoms with Gasteiger partial charge in [0.05, 0.1) is 6.10 Å². The minimum atomic E-state index is -1.05. The Morgan fingerprint density at radius 3 is 2.70 bits per heavy atom. The second-order valence-electron chi connectivity index (χ2n) is 6.43. The first-order valence-electron chi connectivity index (χ1n) is 7.21. The van der Waals surface area contributed by atoms with E-state index in [0.717, 1.165) is 6.42 Å². The van der Waals surface area contributed by atoms with Crippen LogP contribution in [-0.2, 0) is 14.3 Å². The molecule has 0 radical (unpaired) electrons. The molecule has 4 N–H and O–H groups in total. The molecule has 20 heavy (non-hydrogen) atoms. The SMILES string of the molecule is CCC[C@H](NC(=O)C1(N)C2CCOC2C1(C)C)C(=O)O. The van der Waals surface area contributed by atoms with Crippen LogP contribution in [0.5, 0.6) is 0 Å². The largest absolute Gasteiger partial charge is 0.480 e. The van der Waals surface area contributed by atoms with E-state index in [0.29, 0.717) is 19.4 Å². The molecule has 1 aliphatic heterocycles. The minimum absolute atomic E-state index is 0.00676. The Hall–Kier alpha value is -1.14. The van der Waals surface area contributed by atoms with Gasteiger partial charge in [-0.05, 0) is 12.8 Å². The highest BCUT2D eigenvalue weighted by molar-refractivity contribution is 5.92. The zero-order valence-electron chi connectivity index (χ0n) is 12.3. The van der Waals surface area contributed by atoms with Crippen LogP contribution in [0.15, 0.2) is 0 Å². The third-order valence-corrected chi connectivity index (χ3v) is 5.01. The molecule has 0 aromatic carbocycles. The summed E-state index contributed by atoms with van der Waals surface area (Å²) in [6, 6.07) is -0.870. The van der Waals surface area contributed by atoms with Crippen molar-refractivity contribution < 1.29 is 19.4 Å². The lowest BCUT2D eigenvalue weighted by atomic mass is 9.48. The predicted octanol–water partition coefficient (Wildman–Crippen LogP) is 0.498. The van der Waals surface area contributed by atoms with Crippen LogP contribution >= 0.6 is 0 Å². The van der Waals surface area contributed by atoms with Gasteiger partial charge in [0.25, 0.3) is 0 Å². The van der Waals surface area contributed by atoms with Crippen molar-refractivity contribution in [3.63, 3.8) is 0 Å². The van der Waals surface area contributed by atoms with Gasteiger partial charge in [0, 0.05) is 17.9 Å². The molecule has 4 atom stereocenters.